The molecule has 0 aromatic heterocycles. The van der Waals surface area contributed by atoms with Gasteiger partial charge in [0, 0.05) is 44.3 Å². The number of hydrogen-bond donors (Lipinski definition) is 2. The topological polar surface area (TPSA) is 65.0 Å². The van der Waals surface area contributed by atoms with Crippen LogP contribution in [0.2, 0.25) is 0 Å². The Morgan fingerprint density at radius 3 is 2.89 bits per heavy atom. The molecule has 6 heteroatoms. The molecule has 2 aliphatic heterocycles. The molecule has 0 aromatic carbocycles. The van der Waals surface area contributed by atoms with E-state index >= 15 is 0 Å². The van der Waals surface area contributed by atoms with Crippen LogP contribution in [0.1, 0.15) is 13.8 Å². The Kier molecular flexibility index (Phi) is 4.42. The summed E-state index contributed by atoms with van der Waals surface area (Å²) in [6, 6.07) is 0.692. The highest BCUT2D eigenvalue weighted by molar-refractivity contribution is 5.65. The maximum atomic E-state index is 11.1. The van der Waals surface area contributed by atoms with E-state index in [2.05, 4.69) is 17.1 Å². The average Bonchev–Trinajstić information content (AvgIpc) is 2.34. The van der Waals surface area contributed by atoms with Crippen molar-refractivity contribution in [2.75, 3.05) is 39.4 Å². The normalized spacial score (nSPS) is 34.6. The number of amides is 1. The zero-order chi connectivity index (χ0) is 13.1. The van der Waals surface area contributed by atoms with Crippen molar-refractivity contribution in [2.24, 2.45) is 0 Å². The van der Waals surface area contributed by atoms with Gasteiger partial charge in [-0.15, -0.1) is 0 Å². The highest BCUT2D eigenvalue weighted by Gasteiger charge is 2.30. The van der Waals surface area contributed by atoms with Crippen molar-refractivity contribution in [3.63, 3.8) is 0 Å². The molecule has 0 saturated carbocycles. The third-order valence-electron chi connectivity index (χ3n) is 3.86. The Morgan fingerprint density at radius 2 is 2.22 bits per heavy atom. The Hall–Kier alpha value is -0.850. The first-order valence-corrected chi connectivity index (χ1v) is 6.62. The van der Waals surface area contributed by atoms with Crippen molar-refractivity contribution in [3.8, 4) is 0 Å². The lowest BCUT2D eigenvalue weighted by Crippen LogP contribution is -2.61. The van der Waals surface area contributed by atoms with E-state index < -0.39 is 6.09 Å². The molecule has 2 N–H and O–H groups in total. The minimum atomic E-state index is -0.816. The van der Waals surface area contributed by atoms with Gasteiger partial charge in [-0.1, -0.05) is 0 Å². The van der Waals surface area contributed by atoms with E-state index in [0.717, 1.165) is 32.8 Å². The number of nitrogens with one attached hydrogen (secondary N) is 1. The highest BCUT2D eigenvalue weighted by Crippen LogP contribution is 2.11. The molecule has 0 aliphatic carbocycles. The first-order chi connectivity index (χ1) is 8.58. The largest absolute Gasteiger partial charge is 0.465 e. The molecule has 2 saturated heterocycles. The van der Waals surface area contributed by atoms with Gasteiger partial charge in [-0.25, -0.2) is 4.79 Å². The number of morpholine rings is 1. The number of nitrogens with zero attached hydrogens (tertiary/aromatic N) is 2. The van der Waals surface area contributed by atoms with Crippen LogP contribution < -0.4 is 5.32 Å². The second kappa shape index (κ2) is 5.86. The quantitative estimate of drug-likeness (QED) is 0.731. The summed E-state index contributed by atoms with van der Waals surface area (Å²) in [7, 11) is 0. The van der Waals surface area contributed by atoms with Crippen molar-refractivity contribution in [1.82, 2.24) is 15.1 Å². The molecule has 2 heterocycles. The summed E-state index contributed by atoms with van der Waals surface area (Å²) in [4.78, 5) is 15.0. The Morgan fingerprint density at radius 1 is 1.44 bits per heavy atom. The van der Waals surface area contributed by atoms with E-state index in [9.17, 15) is 4.79 Å². The molecule has 0 bridgehead atoms. The lowest BCUT2D eigenvalue weighted by atomic mass is 10.1. The number of rotatable bonds is 2. The fourth-order valence-electron chi connectivity index (χ4n) is 2.63. The summed E-state index contributed by atoms with van der Waals surface area (Å²) in [5.41, 5.74) is 0. The van der Waals surface area contributed by atoms with Crippen LogP contribution >= 0.6 is 0 Å². The van der Waals surface area contributed by atoms with Gasteiger partial charge in [0.2, 0.25) is 0 Å². The molecule has 0 aromatic rings. The van der Waals surface area contributed by atoms with Crippen LogP contribution in [0.5, 0.6) is 0 Å². The molecule has 0 radical (unpaired) electrons. The molecule has 0 spiro atoms. The van der Waals surface area contributed by atoms with E-state index in [1.165, 1.54) is 4.90 Å². The first kappa shape index (κ1) is 13.6. The van der Waals surface area contributed by atoms with E-state index in [1.54, 1.807) is 0 Å². The van der Waals surface area contributed by atoms with Gasteiger partial charge in [-0.2, -0.15) is 0 Å². The lowest BCUT2D eigenvalue weighted by molar-refractivity contribution is -0.00908. The summed E-state index contributed by atoms with van der Waals surface area (Å²) in [5, 5.41) is 12.6. The van der Waals surface area contributed by atoms with Crippen molar-refractivity contribution in [2.45, 2.75) is 32.0 Å². The fourth-order valence-corrected chi connectivity index (χ4v) is 2.63. The fraction of sp³-hybridized carbons (Fsp3) is 0.917. The lowest BCUT2D eigenvalue weighted by Gasteiger charge is -2.41. The van der Waals surface area contributed by atoms with Crippen molar-refractivity contribution < 1.29 is 14.6 Å². The van der Waals surface area contributed by atoms with Gasteiger partial charge in [-0.3, -0.25) is 4.90 Å². The zero-order valence-corrected chi connectivity index (χ0v) is 11.1. The Labute approximate surface area is 108 Å². The third kappa shape index (κ3) is 3.13. The van der Waals surface area contributed by atoms with Crippen LogP contribution in [0.25, 0.3) is 0 Å². The predicted octanol–water partition coefficient (Wildman–Crippen LogP) is 0.0474. The van der Waals surface area contributed by atoms with E-state index in [1.807, 2.05) is 6.92 Å². The predicted molar refractivity (Wildman–Crippen MR) is 67.8 cm³/mol. The van der Waals surface area contributed by atoms with Crippen molar-refractivity contribution >= 4 is 6.09 Å². The second-order valence-electron chi connectivity index (χ2n) is 5.31. The number of piperazine rings is 1. The van der Waals surface area contributed by atoms with Gasteiger partial charge in [-0.05, 0) is 13.8 Å². The SMILES string of the molecule is C[C@@H]1COCCN1C[C@H]1CN(C(=O)O)[C@H](C)CN1. The molecule has 6 nitrogen and oxygen atoms in total. The maximum absolute atomic E-state index is 11.1. The van der Waals surface area contributed by atoms with Crippen molar-refractivity contribution in [3.05, 3.63) is 0 Å². The van der Waals surface area contributed by atoms with Gasteiger partial charge < -0.3 is 20.1 Å². The highest BCUT2D eigenvalue weighted by atomic mass is 16.5. The van der Waals surface area contributed by atoms with Gasteiger partial charge in [0.05, 0.1) is 13.2 Å². The van der Waals surface area contributed by atoms with Crippen LogP contribution in [-0.4, -0.2) is 78.5 Å². The molecule has 2 rings (SSSR count). The number of ether oxygens (including phenoxy) is 1. The number of carbonyl (C=O) groups is 1. The molecule has 1 amide bonds. The Balaban J connectivity index is 1.87. The van der Waals surface area contributed by atoms with Crippen LogP contribution in [0.15, 0.2) is 0 Å². The summed E-state index contributed by atoms with van der Waals surface area (Å²) >= 11 is 0. The third-order valence-corrected chi connectivity index (χ3v) is 3.86. The minimum Gasteiger partial charge on any atom is -0.465 e. The van der Waals surface area contributed by atoms with Gasteiger partial charge in [0.25, 0.3) is 0 Å². The molecular formula is C12H23N3O3. The summed E-state index contributed by atoms with van der Waals surface area (Å²) in [6.45, 7) is 8.76. The average molecular weight is 257 g/mol. The zero-order valence-electron chi connectivity index (χ0n) is 11.1. The van der Waals surface area contributed by atoms with Gasteiger partial charge in [0.15, 0.2) is 0 Å². The van der Waals surface area contributed by atoms with Crippen LogP contribution in [0.3, 0.4) is 0 Å². The second-order valence-corrected chi connectivity index (χ2v) is 5.31. The summed E-state index contributed by atoms with van der Waals surface area (Å²) < 4.78 is 5.41. The maximum Gasteiger partial charge on any atom is 0.407 e. The van der Waals surface area contributed by atoms with E-state index in [-0.39, 0.29) is 12.1 Å². The molecular weight excluding hydrogens is 234 g/mol. The molecule has 2 fully saturated rings. The summed E-state index contributed by atoms with van der Waals surface area (Å²) in [6.07, 6.45) is -0.816. The van der Waals surface area contributed by atoms with Crippen molar-refractivity contribution in [1.29, 1.82) is 0 Å². The number of carboxylic acid groups (broad SMARTS) is 1. The van der Waals surface area contributed by atoms with Gasteiger partial charge >= 0.3 is 6.09 Å². The standard InChI is InChI=1S/C12H23N3O3/c1-9-5-13-11(7-15(9)12(16)17)6-14-3-4-18-8-10(14)2/h9-11,13H,3-8H2,1-2H3,(H,16,17)/t9-,10-,11+/m1/s1. The first-order valence-electron chi connectivity index (χ1n) is 6.62. The molecule has 3 atom stereocenters. The van der Waals surface area contributed by atoms with Gasteiger partial charge in [0.1, 0.15) is 0 Å². The molecule has 18 heavy (non-hydrogen) atoms. The minimum absolute atomic E-state index is 0.0564. The molecule has 104 valence electrons. The smallest absolute Gasteiger partial charge is 0.407 e. The Bertz CT molecular complexity index is 300. The molecule has 0 unspecified atom stereocenters. The monoisotopic (exact) mass is 257 g/mol. The molecule has 2 aliphatic rings. The van der Waals surface area contributed by atoms with E-state index in [0.29, 0.717) is 12.6 Å². The number of hydrogen-bond acceptors (Lipinski definition) is 4. The van der Waals surface area contributed by atoms with Crippen LogP contribution in [-0.2, 0) is 4.74 Å². The van der Waals surface area contributed by atoms with E-state index in [4.69, 9.17) is 9.84 Å². The van der Waals surface area contributed by atoms with Crippen LogP contribution in [0.4, 0.5) is 4.79 Å². The van der Waals surface area contributed by atoms with Crippen LogP contribution in [0, 0.1) is 0 Å². The summed E-state index contributed by atoms with van der Waals surface area (Å²) in [5.74, 6) is 0.